The van der Waals surface area contributed by atoms with Crippen LogP contribution in [0, 0.1) is 5.82 Å². The monoisotopic (exact) mass is 288 g/mol. The van der Waals surface area contributed by atoms with E-state index in [0.717, 1.165) is 5.69 Å². The average molecular weight is 290 g/mol. The van der Waals surface area contributed by atoms with Crippen LogP contribution in [0.2, 0.25) is 5.02 Å². The minimum atomic E-state index is -0.352. The van der Waals surface area contributed by atoms with Gasteiger partial charge in [0.25, 0.3) is 0 Å². The second-order valence-corrected chi connectivity index (χ2v) is 4.38. The van der Waals surface area contributed by atoms with Crippen molar-refractivity contribution < 1.29 is 4.39 Å². The molecule has 0 N–H and O–H groups in total. The van der Waals surface area contributed by atoms with E-state index in [0.29, 0.717) is 15.2 Å². The minimum absolute atomic E-state index is 0.352. The van der Waals surface area contributed by atoms with Crippen LogP contribution in [0.1, 0.15) is 0 Å². The fourth-order valence-electron chi connectivity index (χ4n) is 1.40. The molecule has 0 saturated heterocycles. The van der Waals surface area contributed by atoms with Crippen LogP contribution in [-0.4, -0.2) is 9.78 Å². The lowest BCUT2D eigenvalue weighted by molar-refractivity contribution is 0.628. The van der Waals surface area contributed by atoms with Crippen molar-refractivity contribution in [3.8, 4) is 11.3 Å². The number of hydrogen-bond donors (Lipinski definition) is 0. The van der Waals surface area contributed by atoms with E-state index in [1.165, 1.54) is 12.1 Å². The standard InChI is InChI=1S/C10H7BrClFN2/c1-15-9(5-10(11)14-15)6-2-7(12)4-8(13)3-6/h2-5H,1H3. The molecule has 0 fully saturated rings. The number of benzene rings is 1. The van der Waals surface area contributed by atoms with Crippen LogP contribution in [0.25, 0.3) is 11.3 Å². The Morgan fingerprint density at radius 3 is 2.60 bits per heavy atom. The number of nitrogens with zero attached hydrogens (tertiary/aromatic N) is 2. The van der Waals surface area contributed by atoms with Crippen LogP contribution in [0.15, 0.2) is 28.9 Å². The van der Waals surface area contributed by atoms with Crippen molar-refractivity contribution in [2.45, 2.75) is 0 Å². The van der Waals surface area contributed by atoms with Crippen LogP contribution in [0.3, 0.4) is 0 Å². The molecule has 15 heavy (non-hydrogen) atoms. The molecule has 0 aliphatic carbocycles. The third-order valence-electron chi connectivity index (χ3n) is 2.01. The molecule has 1 heterocycles. The van der Waals surface area contributed by atoms with E-state index in [-0.39, 0.29) is 5.82 Å². The van der Waals surface area contributed by atoms with Gasteiger partial charge in [-0.15, -0.1) is 0 Å². The van der Waals surface area contributed by atoms with E-state index in [1.54, 1.807) is 17.8 Å². The van der Waals surface area contributed by atoms with Crippen molar-refractivity contribution >= 4 is 27.5 Å². The molecule has 0 atom stereocenters. The van der Waals surface area contributed by atoms with Gasteiger partial charge in [-0.2, -0.15) is 5.10 Å². The zero-order chi connectivity index (χ0) is 11.0. The molecule has 1 aromatic carbocycles. The molecule has 2 rings (SSSR count). The SMILES string of the molecule is Cn1nc(Br)cc1-c1cc(F)cc(Cl)c1. The van der Waals surface area contributed by atoms with Gasteiger partial charge in [-0.05, 0) is 40.2 Å². The summed E-state index contributed by atoms with van der Waals surface area (Å²) < 4.78 is 15.5. The second-order valence-electron chi connectivity index (χ2n) is 3.13. The van der Waals surface area contributed by atoms with Gasteiger partial charge in [-0.25, -0.2) is 4.39 Å². The number of rotatable bonds is 1. The van der Waals surface area contributed by atoms with Crippen molar-refractivity contribution in [1.29, 1.82) is 0 Å². The number of aryl methyl sites for hydroxylation is 1. The van der Waals surface area contributed by atoms with Gasteiger partial charge in [0.05, 0.1) is 5.69 Å². The zero-order valence-corrected chi connectivity index (χ0v) is 10.2. The van der Waals surface area contributed by atoms with Crippen molar-refractivity contribution in [3.63, 3.8) is 0 Å². The summed E-state index contributed by atoms with van der Waals surface area (Å²) in [5, 5.41) is 4.49. The maximum absolute atomic E-state index is 13.1. The molecule has 2 nitrogen and oxygen atoms in total. The van der Waals surface area contributed by atoms with Gasteiger partial charge < -0.3 is 0 Å². The third kappa shape index (κ3) is 2.21. The predicted octanol–water partition coefficient (Wildman–Crippen LogP) is 3.64. The molecule has 0 amide bonds. The van der Waals surface area contributed by atoms with Crippen molar-refractivity contribution in [2.24, 2.45) is 7.05 Å². The van der Waals surface area contributed by atoms with Gasteiger partial charge in [0.1, 0.15) is 10.4 Å². The van der Waals surface area contributed by atoms with E-state index < -0.39 is 0 Å². The Morgan fingerprint density at radius 2 is 2.07 bits per heavy atom. The lowest BCUT2D eigenvalue weighted by Crippen LogP contribution is -1.93. The third-order valence-corrected chi connectivity index (χ3v) is 2.61. The Kier molecular flexibility index (Phi) is 2.80. The minimum Gasteiger partial charge on any atom is -0.267 e. The highest BCUT2D eigenvalue weighted by molar-refractivity contribution is 9.10. The highest BCUT2D eigenvalue weighted by Gasteiger charge is 2.07. The normalized spacial score (nSPS) is 10.7. The number of halogens is 3. The molecular weight excluding hydrogens is 282 g/mol. The number of aromatic nitrogens is 2. The molecule has 0 radical (unpaired) electrons. The molecule has 0 aliphatic rings. The summed E-state index contributed by atoms with van der Waals surface area (Å²) in [5.74, 6) is -0.352. The van der Waals surface area contributed by atoms with Crippen LogP contribution < -0.4 is 0 Å². The summed E-state index contributed by atoms with van der Waals surface area (Å²) in [7, 11) is 1.79. The molecule has 78 valence electrons. The summed E-state index contributed by atoms with van der Waals surface area (Å²) in [6, 6.07) is 6.21. The van der Waals surface area contributed by atoms with Crippen LogP contribution >= 0.6 is 27.5 Å². The van der Waals surface area contributed by atoms with Crippen molar-refractivity contribution in [1.82, 2.24) is 9.78 Å². The Labute approximate surface area is 99.8 Å². The lowest BCUT2D eigenvalue weighted by atomic mass is 10.1. The molecule has 0 aliphatic heterocycles. The van der Waals surface area contributed by atoms with E-state index in [4.69, 9.17) is 11.6 Å². The maximum atomic E-state index is 13.1. The zero-order valence-electron chi connectivity index (χ0n) is 7.84. The number of hydrogen-bond acceptors (Lipinski definition) is 1. The van der Waals surface area contributed by atoms with E-state index in [2.05, 4.69) is 21.0 Å². The molecule has 0 unspecified atom stereocenters. The first-order valence-corrected chi connectivity index (χ1v) is 5.39. The summed E-state index contributed by atoms with van der Waals surface area (Å²) >= 11 is 9.04. The Hall–Kier alpha value is -0.870. The summed E-state index contributed by atoms with van der Waals surface area (Å²) in [5.41, 5.74) is 1.52. The van der Waals surface area contributed by atoms with Crippen molar-refractivity contribution in [3.05, 3.63) is 39.7 Å². The quantitative estimate of drug-likeness (QED) is 0.783. The van der Waals surface area contributed by atoms with Gasteiger partial charge in [0, 0.05) is 17.6 Å². The Bertz CT molecular complexity index is 490. The molecule has 0 bridgehead atoms. The Morgan fingerprint density at radius 1 is 1.33 bits per heavy atom. The highest BCUT2D eigenvalue weighted by Crippen LogP contribution is 2.25. The highest BCUT2D eigenvalue weighted by atomic mass is 79.9. The van der Waals surface area contributed by atoms with Gasteiger partial charge in [-0.1, -0.05) is 11.6 Å². The molecule has 0 saturated carbocycles. The molecule has 0 spiro atoms. The van der Waals surface area contributed by atoms with E-state index >= 15 is 0 Å². The molecule has 5 heteroatoms. The first-order valence-electron chi connectivity index (χ1n) is 4.22. The fraction of sp³-hybridized carbons (Fsp3) is 0.100. The molecular formula is C10H7BrClFN2. The topological polar surface area (TPSA) is 17.8 Å². The first-order chi connectivity index (χ1) is 7.06. The molecule has 2 aromatic rings. The van der Waals surface area contributed by atoms with E-state index in [9.17, 15) is 4.39 Å². The van der Waals surface area contributed by atoms with Crippen LogP contribution in [0.4, 0.5) is 4.39 Å². The smallest absolute Gasteiger partial charge is 0.128 e. The first kappa shape index (κ1) is 10.6. The van der Waals surface area contributed by atoms with Gasteiger partial charge >= 0.3 is 0 Å². The van der Waals surface area contributed by atoms with Gasteiger partial charge in [0.2, 0.25) is 0 Å². The van der Waals surface area contributed by atoms with Gasteiger partial charge in [-0.3, -0.25) is 4.68 Å². The van der Waals surface area contributed by atoms with Crippen molar-refractivity contribution in [2.75, 3.05) is 0 Å². The lowest BCUT2D eigenvalue weighted by Gasteiger charge is -2.02. The summed E-state index contributed by atoms with van der Waals surface area (Å²) in [6.07, 6.45) is 0. The summed E-state index contributed by atoms with van der Waals surface area (Å²) in [6.45, 7) is 0. The largest absolute Gasteiger partial charge is 0.267 e. The predicted molar refractivity (Wildman–Crippen MR) is 61.3 cm³/mol. The molecule has 1 aromatic heterocycles. The van der Waals surface area contributed by atoms with Crippen LogP contribution in [-0.2, 0) is 7.05 Å². The Balaban J connectivity index is 2.58. The van der Waals surface area contributed by atoms with Crippen LogP contribution in [0.5, 0.6) is 0 Å². The average Bonchev–Trinajstić information content (AvgIpc) is 2.43. The van der Waals surface area contributed by atoms with E-state index in [1.807, 2.05) is 6.07 Å². The second kappa shape index (κ2) is 3.94. The maximum Gasteiger partial charge on any atom is 0.128 e. The van der Waals surface area contributed by atoms with Gasteiger partial charge in [0.15, 0.2) is 0 Å². The fourth-order valence-corrected chi connectivity index (χ4v) is 2.08. The summed E-state index contributed by atoms with van der Waals surface area (Å²) in [4.78, 5) is 0.